The van der Waals surface area contributed by atoms with Gasteiger partial charge in [0.25, 0.3) is 0 Å². The van der Waals surface area contributed by atoms with Crippen molar-refractivity contribution in [2.24, 2.45) is 5.92 Å². The fourth-order valence-electron chi connectivity index (χ4n) is 3.51. The first-order valence-corrected chi connectivity index (χ1v) is 8.65. The van der Waals surface area contributed by atoms with Crippen molar-refractivity contribution in [2.75, 3.05) is 0 Å². The molecule has 0 saturated heterocycles. The summed E-state index contributed by atoms with van der Waals surface area (Å²) in [6.45, 7) is 3.25. The second-order valence-electron chi connectivity index (χ2n) is 6.45. The largest absolute Gasteiger partial charge is 0.349 e. The maximum Gasteiger partial charge on any atom is 0.224 e. The van der Waals surface area contributed by atoms with Crippen molar-refractivity contribution in [1.29, 1.82) is 0 Å². The Morgan fingerprint density at radius 3 is 2.80 bits per heavy atom. The standard InChI is InChI=1S/C20H20FN3O/c1-2-24-18-10-6-5-9-17(18)23-19(24)12-22-20(25)15-11-14(15)13-7-3-4-8-16(13)21/h3-10,14-15H,2,11-12H2,1H3,(H,22,25)/t14-,15+/m0/s1. The van der Waals surface area contributed by atoms with Gasteiger partial charge < -0.3 is 9.88 Å². The number of nitrogens with one attached hydrogen (secondary N) is 1. The molecule has 3 aromatic rings. The van der Waals surface area contributed by atoms with Gasteiger partial charge in [-0.1, -0.05) is 30.3 Å². The van der Waals surface area contributed by atoms with Gasteiger partial charge in [0.1, 0.15) is 11.6 Å². The molecular formula is C20H20FN3O. The van der Waals surface area contributed by atoms with Crippen molar-refractivity contribution in [1.82, 2.24) is 14.9 Å². The third-order valence-electron chi connectivity index (χ3n) is 4.90. The number of aryl methyl sites for hydroxylation is 1. The highest BCUT2D eigenvalue weighted by Gasteiger charge is 2.45. The van der Waals surface area contributed by atoms with Gasteiger partial charge in [-0.05, 0) is 43.0 Å². The molecule has 128 valence electrons. The van der Waals surface area contributed by atoms with Crippen LogP contribution in [-0.2, 0) is 17.9 Å². The molecule has 2 atom stereocenters. The molecule has 1 aliphatic rings. The van der Waals surface area contributed by atoms with Crippen LogP contribution < -0.4 is 5.32 Å². The lowest BCUT2D eigenvalue weighted by atomic mass is 10.1. The topological polar surface area (TPSA) is 46.9 Å². The zero-order valence-corrected chi connectivity index (χ0v) is 14.1. The number of carbonyl (C=O) groups is 1. The van der Waals surface area contributed by atoms with Crippen molar-refractivity contribution >= 4 is 16.9 Å². The van der Waals surface area contributed by atoms with E-state index in [1.54, 1.807) is 12.1 Å². The summed E-state index contributed by atoms with van der Waals surface area (Å²) in [7, 11) is 0. The molecule has 1 N–H and O–H groups in total. The predicted octanol–water partition coefficient (Wildman–Crippen LogP) is 3.62. The summed E-state index contributed by atoms with van der Waals surface area (Å²) in [5.74, 6) is 0.446. The minimum atomic E-state index is -0.226. The average molecular weight is 337 g/mol. The number of hydrogen-bond donors (Lipinski definition) is 1. The molecule has 1 aromatic heterocycles. The Balaban J connectivity index is 1.44. The van der Waals surface area contributed by atoms with E-state index in [0.717, 1.165) is 23.4 Å². The van der Waals surface area contributed by atoms with Gasteiger partial charge in [-0.3, -0.25) is 4.79 Å². The molecule has 1 heterocycles. The number of nitrogens with zero attached hydrogens (tertiary/aromatic N) is 2. The predicted molar refractivity (Wildman–Crippen MR) is 94.5 cm³/mol. The molecule has 0 unspecified atom stereocenters. The van der Waals surface area contributed by atoms with E-state index in [-0.39, 0.29) is 23.6 Å². The molecule has 0 aliphatic heterocycles. The van der Waals surface area contributed by atoms with E-state index >= 15 is 0 Å². The Kier molecular flexibility index (Phi) is 3.99. The molecule has 0 bridgehead atoms. The number of carbonyl (C=O) groups excluding carboxylic acids is 1. The van der Waals surface area contributed by atoms with Crippen molar-refractivity contribution < 1.29 is 9.18 Å². The van der Waals surface area contributed by atoms with Crippen LogP contribution in [0.2, 0.25) is 0 Å². The van der Waals surface area contributed by atoms with Crippen molar-refractivity contribution in [3.05, 3.63) is 65.7 Å². The second-order valence-corrected chi connectivity index (χ2v) is 6.45. The van der Waals surface area contributed by atoms with E-state index < -0.39 is 0 Å². The number of aromatic nitrogens is 2. The van der Waals surface area contributed by atoms with E-state index in [0.29, 0.717) is 18.5 Å². The van der Waals surface area contributed by atoms with Crippen molar-refractivity contribution in [3.63, 3.8) is 0 Å². The van der Waals surface area contributed by atoms with E-state index in [1.165, 1.54) is 6.07 Å². The van der Waals surface area contributed by atoms with Gasteiger partial charge in [-0.15, -0.1) is 0 Å². The van der Waals surface area contributed by atoms with E-state index in [9.17, 15) is 9.18 Å². The summed E-state index contributed by atoms with van der Waals surface area (Å²) in [6, 6.07) is 14.7. The molecule has 0 spiro atoms. The minimum absolute atomic E-state index is 0.00816. The van der Waals surface area contributed by atoms with Crippen molar-refractivity contribution in [2.45, 2.75) is 32.4 Å². The summed E-state index contributed by atoms with van der Waals surface area (Å²) >= 11 is 0. The highest BCUT2D eigenvalue weighted by atomic mass is 19.1. The summed E-state index contributed by atoms with van der Waals surface area (Å²) in [5, 5.41) is 2.97. The molecule has 2 aromatic carbocycles. The fraction of sp³-hybridized carbons (Fsp3) is 0.300. The van der Waals surface area contributed by atoms with Crippen LogP contribution in [0.15, 0.2) is 48.5 Å². The molecule has 1 amide bonds. The zero-order valence-electron chi connectivity index (χ0n) is 14.1. The van der Waals surface area contributed by atoms with Crippen LogP contribution in [-0.4, -0.2) is 15.5 Å². The van der Waals surface area contributed by atoms with Gasteiger partial charge in [0.05, 0.1) is 17.6 Å². The van der Waals surface area contributed by atoms with Crippen LogP contribution in [0.1, 0.15) is 30.7 Å². The zero-order chi connectivity index (χ0) is 17.4. The number of imidazole rings is 1. The van der Waals surface area contributed by atoms with Crippen molar-refractivity contribution in [3.8, 4) is 0 Å². The first-order chi connectivity index (χ1) is 12.2. The van der Waals surface area contributed by atoms with Crippen LogP contribution in [0, 0.1) is 11.7 Å². The lowest BCUT2D eigenvalue weighted by Gasteiger charge is -2.08. The second kappa shape index (κ2) is 6.31. The SMILES string of the molecule is CCn1c(CNC(=O)[C@@H]2C[C@H]2c2ccccc2F)nc2ccccc21. The number of benzene rings is 2. The molecule has 25 heavy (non-hydrogen) atoms. The molecule has 1 fully saturated rings. The Hall–Kier alpha value is -2.69. The van der Waals surface area contributed by atoms with Crippen LogP contribution >= 0.6 is 0 Å². The summed E-state index contributed by atoms with van der Waals surface area (Å²) in [5.41, 5.74) is 2.65. The lowest BCUT2D eigenvalue weighted by Crippen LogP contribution is -2.26. The Morgan fingerprint density at radius 2 is 2.00 bits per heavy atom. The molecule has 1 aliphatic carbocycles. The first-order valence-electron chi connectivity index (χ1n) is 8.65. The molecule has 5 heteroatoms. The van der Waals surface area contributed by atoms with Gasteiger partial charge in [0.2, 0.25) is 5.91 Å². The van der Waals surface area contributed by atoms with Gasteiger partial charge in [-0.2, -0.15) is 0 Å². The van der Waals surface area contributed by atoms with Crippen LogP contribution in [0.4, 0.5) is 4.39 Å². The fourth-order valence-corrected chi connectivity index (χ4v) is 3.51. The Labute approximate surface area is 145 Å². The number of fused-ring (bicyclic) bond motifs is 1. The smallest absolute Gasteiger partial charge is 0.224 e. The van der Waals surface area contributed by atoms with Gasteiger partial charge in [0.15, 0.2) is 0 Å². The molecule has 0 radical (unpaired) electrons. The third-order valence-corrected chi connectivity index (χ3v) is 4.90. The lowest BCUT2D eigenvalue weighted by molar-refractivity contribution is -0.122. The van der Waals surface area contributed by atoms with E-state index in [4.69, 9.17) is 0 Å². The Bertz CT molecular complexity index is 934. The Morgan fingerprint density at radius 1 is 1.24 bits per heavy atom. The first kappa shape index (κ1) is 15.8. The summed E-state index contributed by atoms with van der Waals surface area (Å²) < 4.78 is 15.9. The van der Waals surface area contributed by atoms with Gasteiger partial charge in [0, 0.05) is 12.5 Å². The van der Waals surface area contributed by atoms with Crippen LogP contribution in [0.25, 0.3) is 11.0 Å². The summed E-state index contributed by atoms with van der Waals surface area (Å²) in [4.78, 5) is 17.0. The third kappa shape index (κ3) is 2.90. The van der Waals surface area contributed by atoms with Crippen LogP contribution in [0.3, 0.4) is 0 Å². The quantitative estimate of drug-likeness (QED) is 0.773. The van der Waals surface area contributed by atoms with Crippen LogP contribution in [0.5, 0.6) is 0 Å². The highest BCUT2D eigenvalue weighted by molar-refractivity contribution is 5.83. The van der Waals surface area contributed by atoms with Gasteiger partial charge >= 0.3 is 0 Å². The number of rotatable bonds is 5. The maximum absolute atomic E-state index is 13.8. The number of para-hydroxylation sites is 2. The molecule has 4 nitrogen and oxygen atoms in total. The van der Waals surface area contributed by atoms with E-state index in [2.05, 4.69) is 21.8 Å². The minimum Gasteiger partial charge on any atom is -0.349 e. The average Bonchev–Trinajstić information content (AvgIpc) is 3.34. The van der Waals surface area contributed by atoms with E-state index in [1.807, 2.05) is 30.3 Å². The summed E-state index contributed by atoms with van der Waals surface area (Å²) in [6.07, 6.45) is 0.705. The maximum atomic E-state index is 13.8. The molecule has 1 saturated carbocycles. The van der Waals surface area contributed by atoms with Gasteiger partial charge in [-0.25, -0.2) is 9.37 Å². The number of hydrogen-bond acceptors (Lipinski definition) is 2. The molecular weight excluding hydrogens is 317 g/mol. The number of amides is 1. The highest BCUT2D eigenvalue weighted by Crippen LogP contribution is 2.48. The monoisotopic (exact) mass is 337 g/mol. The number of halogens is 1. The normalized spacial score (nSPS) is 19.1. The molecule has 4 rings (SSSR count).